The lowest BCUT2D eigenvalue weighted by Gasteiger charge is -2.22. The van der Waals surface area contributed by atoms with Gasteiger partial charge in [0.2, 0.25) is 5.91 Å². The number of esters is 1. The quantitative estimate of drug-likeness (QED) is 0.362. The Labute approximate surface area is 205 Å². The van der Waals surface area contributed by atoms with Gasteiger partial charge in [0.1, 0.15) is 13.0 Å². The van der Waals surface area contributed by atoms with Gasteiger partial charge in [-0.2, -0.15) is 4.98 Å². The number of amides is 1. The molecule has 9 nitrogen and oxygen atoms in total. The number of aryl methyl sites for hydroxylation is 4. The first-order valence-electron chi connectivity index (χ1n) is 10.5. The van der Waals surface area contributed by atoms with Crippen molar-refractivity contribution in [3.8, 4) is 0 Å². The Morgan fingerprint density at radius 2 is 1.88 bits per heavy atom. The lowest BCUT2D eigenvalue weighted by Crippen LogP contribution is -2.24. The fraction of sp³-hybridized carbons (Fsp3) is 0.304. The largest absolute Gasteiger partial charge is 0.459 e. The summed E-state index contributed by atoms with van der Waals surface area (Å²) in [6.45, 7) is 9.03. The molecule has 11 heteroatoms. The molecule has 4 rings (SSSR count). The molecule has 1 amide bonds. The number of thiazole rings is 1. The van der Waals surface area contributed by atoms with Gasteiger partial charge in [0, 0.05) is 23.7 Å². The molecule has 0 aliphatic rings. The number of fused-ring (bicyclic) bond motifs is 1. The number of hydrogen-bond acceptors (Lipinski definition) is 8. The van der Waals surface area contributed by atoms with Crippen LogP contribution in [-0.4, -0.2) is 36.4 Å². The Balaban J connectivity index is 1.46. The van der Waals surface area contributed by atoms with Crippen LogP contribution in [0.25, 0.3) is 5.78 Å². The Kier molecular flexibility index (Phi) is 6.63. The van der Waals surface area contributed by atoms with E-state index in [4.69, 9.17) is 16.3 Å². The first-order valence-corrected chi connectivity index (χ1v) is 11.8. The average Bonchev–Trinajstić information content (AvgIpc) is 3.35. The number of carbonyl (C=O) groups is 2. The maximum absolute atomic E-state index is 12.5. The van der Waals surface area contributed by atoms with Crippen LogP contribution in [0.4, 0.5) is 10.8 Å². The number of carbonyl (C=O) groups excluding carboxylic acids is 2. The Morgan fingerprint density at radius 3 is 2.59 bits per heavy atom. The van der Waals surface area contributed by atoms with E-state index in [2.05, 4.69) is 20.1 Å². The maximum Gasteiger partial charge on any atom is 0.313 e. The standard InChI is InChI=1S/C23H23ClN6O3S/c1-12-6-13(2)21(18(24)7-12)29(16(5)31)23-26-17(11-34-23)10-33-20(32)9-19-27-22-25-14(3)8-15(4)30(22)28-19/h6-8,11H,9-10H2,1-5H3. The van der Waals surface area contributed by atoms with Gasteiger partial charge in [0.25, 0.3) is 5.78 Å². The van der Waals surface area contributed by atoms with Gasteiger partial charge in [-0.1, -0.05) is 17.7 Å². The summed E-state index contributed by atoms with van der Waals surface area (Å²) in [5.41, 5.74) is 4.69. The van der Waals surface area contributed by atoms with Gasteiger partial charge in [-0.25, -0.2) is 14.5 Å². The molecule has 0 fully saturated rings. The molecule has 4 aromatic rings. The van der Waals surface area contributed by atoms with Crippen LogP contribution in [-0.2, 0) is 27.4 Å². The molecule has 176 valence electrons. The van der Waals surface area contributed by atoms with Crippen LogP contribution in [0.2, 0.25) is 5.02 Å². The first kappa shape index (κ1) is 23.8. The van der Waals surface area contributed by atoms with E-state index < -0.39 is 5.97 Å². The van der Waals surface area contributed by atoms with Crippen molar-refractivity contribution in [1.82, 2.24) is 24.6 Å². The molecular formula is C23H23ClN6O3S. The summed E-state index contributed by atoms with van der Waals surface area (Å²) >= 11 is 7.73. The third-order valence-corrected chi connectivity index (χ3v) is 6.18. The van der Waals surface area contributed by atoms with E-state index in [1.165, 1.54) is 23.2 Å². The average molecular weight is 499 g/mol. The van der Waals surface area contributed by atoms with Crippen LogP contribution in [0, 0.1) is 27.7 Å². The number of ether oxygens (including phenoxy) is 1. The van der Waals surface area contributed by atoms with Gasteiger partial charge >= 0.3 is 5.97 Å². The molecule has 1 aromatic carbocycles. The van der Waals surface area contributed by atoms with Gasteiger partial charge in [0.05, 0.1) is 16.4 Å². The zero-order valence-electron chi connectivity index (χ0n) is 19.4. The molecular weight excluding hydrogens is 476 g/mol. The molecule has 0 aliphatic heterocycles. The fourth-order valence-corrected chi connectivity index (χ4v) is 4.92. The molecule has 3 heterocycles. The van der Waals surface area contributed by atoms with E-state index in [0.29, 0.717) is 33.1 Å². The van der Waals surface area contributed by atoms with Gasteiger partial charge in [-0.3, -0.25) is 14.5 Å². The molecule has 0 radical (unpaired) electrons. The Hall–Kier alpha value is -3.37. The maximum atomic E-state index is 12.5. The summed E-state index contributed by atoms with van der Waals surface area (Å²) in [7, 11) is 0. The van der Waals surface area contributed by atoms with E-state index in [-0.39, 0.29) is 18.9 Å². The number of aromatic nitrogens is 5. The van der Waals surface area contributed by atoms with E-state index in [1.807, 2.05) is 45.9 Å². The van der Waals surface area contributed by atoms with Gasteiger partial charge in [-0.05, 0) is 51.0 Å². The second-order valence-electron chi connectivity index (χ2n) is 8.00. The molecule has 0 atom stereocenters. The topological polar surface area (TPSA) is 103 Å². The molecule has 3 aromatic heterocycles. The number of rotatable bonds is 6. The van der Waals surface area contributed by atoms with Crippen LogP contribution in [0.15, 0.2) is 23.6 Å². The predicted molar refractivity (Wildman–Crippen MR) is 130 cm³/mol. The second kappa shape index (κ2) is 9.47. The van der Waals surface area contributed by atoms with Gasteiger partial charge < -0.3 is 4.74 Å². The Bertz CT molecular complexity index is 1390. The highest BCUT2D eigenvalue weighted by Crippen LogP contribution is 2.37. The lowest BCUT2D eigenvalue weighted by molar-refractivity contribution is -0.144. The zero-order valence-corrected chi connectivity index (χ0v) is 21.0. The molecule has 0 saturated heterocycles. The fourth-order valence-electron chi connectivity index (χ4n) is 3.66. The van der Waals surface area contributed by atoms with Crippen molar-refractivity contribution in [3.63, 3.8) is 0 Å². The minimum Gasteiger partial charge on any atom is -0.459 e. The van der Waals surface area contributed by atoms with E-state index >= 15 is 0 Å². The normalized spacial score (nSPS) is 11.1. The van der Waals surface area contributed by atoms with E-state index in [1.54, 1.807) is 9.90 Å². The minimum absolute atomic E-state index is 0.0363. The van der Waals surface area contributed by atoms with Crippen molar-refractivity contribution in [2.75, 3.05) is 4.90 Å². The monoisotopic (exact) mass is 498 g/mol. The van der Waals surface area contributed by atoms with E-state index in [0.717, 1.165) is 22.5 Å². The minimum atomic E-state index is -0.485. The highest BCUT2D eigenvalue weighted by molar-refractivity contribution is 7.14. The highest BCUT2D eigenvalue weighted by atomic mass is 35.5. The summed E-state index contributed by atoms with van der Waals surface area (Å²) in [6.07, 6.45) is -0.0867. The molecule has 0 spiro atoms. The van der Waals surface area contributed by atoms with Gasteiger partial charge in [0.15, 0.2) is 11.0 Å². The highest BCUT2D eigenvalue weighted by Gasteiger charge is 2.23. The third kappa shape index (κ3) is 4.92. The van der Waals surface area contributed by atoms with Crippen molar-refractivity contribution >= 4 is 51.4 Å². The molecule has 0 saturated carbocycles. The molecule has 34 heavy (non-hydrogen) atoms. The summed E-state index contributed by atoms with van der Waals surface area (Å²) in [4.78, 5) is 39.4. The van der Waals surface area contributed by atoms with Crippen molar-refractivity contribution < 1.29 is 14.3 Å². The van der Waals surface area contributed by atoms with Crippen LogP contribution in [0.5, 0.6) is 0 Å². The van der Waals surface area contributed by atoms with Crippen molar-refractivity contribution in [2.45, 2.75) is 47.6 Å². The van der Waals surface area contributed by atoms with E-state index in [9.17, 15) is 9.59 Å². The molecule has 0 aliphatic carbocycles. The summed E-state index contributed by atoms with van der Waals surface area (Å²) in [6, 6.07) is 5.65. The SMILES string of the molecule is CC(=O)N(c1nc(COC(=O)Cc2nc3nc(C)cc(C)n3n2)cs1)c1c(C)cc(C)cc1Cl. The predicted octanol–water partition coefficient (Wildman–Crippen LogP) is 4.44. The molecule has 0 unspecified atom stereocenters. The number of hydrogen-bond donors (Lipinski definition) is 0. The van der Waals surface area contributed by atoms with Crippen molar-refractivity contribution in [1.29, 1.82) is 0 Å². The van der Waals surface area contributed by atoms with Gasteiger partial charge in [-0.15, -0.1) is 16.4 Å². The number of halogens is 1. The first-order chi connectivity index (χ1) is 16.1. The molecule has 0 N–H and O–H groups in total. The molecule has 0 bridgehead atoms. The number of benzene rings is 1. The number of anilines is 2. The van der Waals surface area contributed by atoms with Crippen molar-refractivity contribution in [2.24, 2.45) is 0 Å². The van der Waals surface area contributed by atoms with Crippen LogP contribution >= 0.6 is 22.9 Å². The smallest absolute Gasteiger partial charge is 0.313 e. The van der Waals surface area contributed by atoms with Crippen molar-refractivity contribution in [3.05, 3.63) is 62.6 Å². The summed E-state index contributed by atoms with van der Waals surface area (Å²) in [5, 5.41) is 6.99. The Morgan fingerprint density at radius 1 is 1.12 bits per heavy atom. The third-order valence-electron chi connectivity index (χ3n) is 5.01. The number of nitrogens with zero attached hydrogens (tertiary/aromatic N) is 6. The second-order valence-corrected chi connectivity index (χ2v) is 9.25. The lowest BCUT2D eigenvalue weighted by atomic mass is 10.1. The van der Waals surface area contributed by atoms with Crippen LogP contribution in [0.1, 0.15) is 41.0 Å². The summed E-state index contributed by atoms with van der Waals surface area (Å²) in [5.74, 6) is 0.0701. The summed E-state index contributed by atoms with van der Waals surface area (Å²) < 4.78 is 6.96. The van der Waals surface area contributed by atoms with Crippen LogP contribution < -0.4 is 4.90 Å². The zero-order chi connectivity index (χ0) is 24.6. The van der Waals surface area contributed by atoms with Crippen LogP contribution in [0.3, 0.4) is 0 Å².